The van der Waals surface area contributed by atoms with Gasteiger partial charge in [-0.1, -0.05) is 60.3 Å². The van der Waals surface area contributed by atoms with Gasteiger partial charge in [-0.3, -0.25) is 24.3 Å². The van der Waals surface area contributed by atoms with Crippen molar-refractivity contribution in [2.45, 2.75) is 18.0 Å². The van der Waals surface area contributed by atoms with Crippen LogP contribution < -0.4 is 10.6 Å². The lowest BCUT2D eigenvalue weighted by Crippen LogP contribution is -2.19. The normalized spacial score (nSPS) is 12.3. The van der Waals surface area contributed by atoms with Gasteiger partial charge < -0.3 is 5.32 Å². The average Bonchev–Trinajstić information content (AvgIpc) is 3.42. The van der Waals surface area contributed by atoms with Crippen LogP contribution in [-0.4, -0.2) is 38.2 Å². The number of aromatic nitrogens is 3. The molecule has 2 heterocycles. The molecule has 0 atom stereocenters. The first-order chi connectivity index (χ1) is 17.1. The quantitative estimate of drug-likeness (QED) is 0.293. The third kappa shape index (κ3) is 4.99. The summed E-state index contributed by atoms with van der Waals surface area (Å²) in [6, 6.07) is 24.7. The van der Waals surface area contributed by atoms with E-state index in [0.29, 0.717) is 22.8 Å². The second-order valence-electron chi connectivity index (χ2n) is 7.94. The zero-order chi connectivity index (χ0) is 24.2. The van der Waals surface area contributed by atoms with Crippen molar-refractivity contribution in [1.82, 2.24) is 20.1 Å². The predicted octanol–water partition coefficient (Wildman–Crippen LogP) is 3.67. The number of aryl methyl sites for hydroxylation is 2. The highest BCUT2D eigenvalue weighted by Gasteiger charge is 2.26. The van der Waals surface area contributed by atoms with Crippen LogP contribution in [0.5, 0.6) is 0 Å². The molecule has 1 aliphatic rings. The summed E-state index contributed by atoms with van der Waals surface area (Å²) in [6.45, 7) is 0. The van der Waals surface area contributed by atoms with Gasteiger partial charge in [0.05, 0.1) is 16.9 Å². The first-order valence-electron chi connectivity index (χ1n) is 11.0. The van der Waals surface area contributed by atoms with E-state index in [9.17, 15) is 14.4 Å². The molecule has 5 rings (SSSR count). The molecule has 4 aromatic rings. The van der Waals surface area contributed by atoms with Gasteiger partial charge in [-0.15, -0.1) is 10.2 Å². The number of thioether (sulfide) groups is 1. The van der Waals surface area contributed by atoms with Gasteiger partial charge in [0.25, 0.3) is 11.8 Å². The molecule has 2 N–H and O–H groups in total. The van der Waals surface area contributed by atoms with E-state index in [1.807, 2.05) is 53.1 Å². The SMILES string of the molecule is O=C(CSc1nnc(CCc2ccccc2)n1-c1ccccc1)Nc1ccc2c(c1)C(=O)NC2=O. The van der Waals surface area contributed by atoms with E-state index >= 15 is 0 Å². The molecule has 0 aliphatic carbocycles. The average molecular weight is 484 g/mol. The Morgan fingerprint density at radius 3 is 2.34 bits per heavy atom. The summed E-state index contributed by atoms with van der Waals surface area (Å²) < 4.78 is 1.98. The first kappa shape index (κ1) is 22.5. The van der Waals surface area contributed by atoms with E-state index in [2.05, 4.69) is 33.0 Å². The number of hydrogen-bond donors (Lipinski definition) is 2. The third-order valence-corrected chi connectivity index (χ3v) is 6.48. The van der Waals surface area contributed by atoms with E-state index in [1.165, 1.54) is 29.5 Å². The van der Waals surface area contributed by atoms with E-state index < -0.39 is 11.8 Å². The van der Waals surface area contributed by atoms with Crippen LogP contribution in [0.15, 0.2) is 84.0 Å². The molecule has 1 aromatic heterocycles. The number of anilines is 1. The minimum absolute atomic E-state index is 0.103. The van der Waals surface area contributed by atoms with Crippen molar-refractivity contribution in [3.8, 4) is 5.69 Å². The number of rotatable bonds is 8. The van der Waals surface area contributed by atoms with Gasteiger partial charge in [0.2, 0.25) is 5.91 Å². The molecule has 0 unspecified atom stereocenters. The number of para-hydroxylation sites is 1. The van der Waals surface area contributed by atoms with Crippen molar-refractivity contribution in [2.75, 3.05) is 11.1 Å². The Hall–Kier alpha value is -4.24. The molecule has 35 heavy (non-hydrogen) atoms. The van der Waals surface area contributed by atoms with Crippen LogP contribution in [0, 0.1) is 0 Å². The fourth-order valence-corrected chi connectivity index (χ4v) is 4.64. The van der Waals surface area contributed by atoms with Gasteiger partial charge in [-0.25, -0.2) is 0 Å². The van der Waals surface area contributed by atoms with Crippen molar-refractivity contribution in [2.24, 2.45) is 0 Å². The Balaban J connectivity index is 1.29. The summed E-state index contributed by atoms with van der Waals surface area (Å²) in [5.41, 5.74) is 3.16. The Kier molecular flexibility index (Phi) is 6.40. The molecule has 1 aliphatic heterocycles. The van der Waals surface area contributed by atoms with Gasteiger partial charge in [0.15, 0.2) is 5.16 Å². The fourth-order valence-electron chi connectivity index (χ4n) is 3.87. The molecule has 0 bridgehead atoms. The van der Waals surface area contributed by atoms with E-state index in [0.717, 1.165) is 17.9 Å². The zero-order valence-electron chi connectivity index (χ0n) is 18.6. The summed E-state index contributed by atoms with van der Waals surface area (Å²) in [6.07, 6.45) is 1.53. The van der Waals surface area contributed by atoms with Crippen LogP contribution in [0.3, 0.4) is 0 Å². The lowest BCUT2D eigenvalue weighted by atomic mass is 10.1. The second-order valence-corrected chi connectivity index (χ2v) is 8.88. The number of imide groups is 1. The number of nitrogens with one attached hydrogen (secondary N) is 2. The molecule has 9 heteroatoms. The van der Waals surface area contributed by atoms with Gasteiger partial charge in [0.1, 0.15) is 5.82 Å². The van der Waals surface area contributed by atoms with Gasteiger partial charge in [-0.05, 0) is 42.3 Å². The standard InChI is InChI=1S/C26H21N5O3S/c32-23(27-18-12-13-20-21(15-18)25(34)28-24(20)33)16-35-26-30-29-22(14-11-17-7-3-1-4-8-17)31(26)19-9-5-2-6-10-19/h1-10,12-13,15H,11,14,16H2,(H,27,32)(H,28,33,34). The fraction of sp³-hybridized carbons (Fsp3) is 0.115. The van der Waals surface area contributed by atoms with Crippen LogP contribution in [0.4, 0.5) is 5.69 Å². The first-order valence-corrected chi connectivity index (χ1v) is 12.0. The number of amides is 3. The van der Waals surface area contributed by atoms with Crippen LogP contribution in [0.2, 0.25) is 0 Å². The highest BCUT2D eigenvalue weighted by atomic mass is 32.2. The summed E-state index contributed by atoms with van der Waals surface area (Å²) >= 11 is 1.28. The van der Waals surface area contributed by atoms with Crippen molar-refractivity contribution in [3.63, 3.8) is 0 Å². The maximum atomic E-state index is 12.6. The zero-order valence-corrected chi connectivity index (χ0v) is 19.4. The number of fused-ring (bicyclic) bond motifs is 1. The molecular weight excluding hydrogens is 462 g/mol. The predicted molar refractivity (Wildman–Crippen MR) is 133 cm³/mol. The maximum Gasteiger partial charge on any atom is 0.259 e. The molecule has 0 fully saturated rings. The van der Waals surface area contributed by atoms with Crippen molar-refractivity contribution in [1.29, 1.82) is 0 Å². The Labute approximate surface area is 205 Å². The number of hydrogen-bond acceptors (Lipinski definition) is 6. The number of benzene rings is 3. The molecule has 0 radical (unpaired) electrons. The second kappa shape index (κ2) is 9.94. The molecule has 3 amide bonds. The molecule has 3 aromatic carbocycles. The molecule has 0 saturated heterocycles. The largest absolute Gasteiger partial charge is 0.325 e. The Morgan fingerprint density at radius 1 is 0.857 bits per heavy atom. The monoisotopic (exact) mass is 483 g/mol. The molecule has 0 saturated carbocycles. The summed E-state index contributed by atoms with van der Waals surface area (Å²) in [5, 5.41) is 14.4. The molecule has 8 nitrogen and oxygen atoms in total. The highest BCUT2D eigenvalue weighted by Crippen LogP contribution is 2.24. The van der Waals surface area contributed by atoms with E-state index in [1.54, 1.807) is 6.07 Å². The van der Waals surface area contributed by atoms with Crippen LogP contribution in [-0.2, 0) is 17.6 Å². The molecular formula is C26H21N5O3S. The molecule has 174 valence electrons. The van der Waals surface area contributed by atoms with Crippen LogP contribution >= 0.6 is 11.8 Å². The lowest BCUT2D eigenvalue weighted by molar-refractivity contribution is -0.113. The highest BCUT2D eigenvalue weighted by molar-refractivity contribution is 7.99. The van der Waals surface area contributed by atoms with Crippen molar-refractivity contribution < 1.29 is 14.4 Å². The lowest BCUT2D eigenvalue weighted by Gasteiger charge is -2.10. The minimum atomic E-state index is -0.463. The van der Waals surface area contributed by atoms with Crippen LogP contribution in [0.1, 0.15) is 32.1 Å². The summed E-state index contributed by atoms with van der Waals surface area (Å²) in [7, 11) is 0. The minimum Gasteiger partial charge on any atom is -0.325 e. The third-order valence-electron chi connectivity index (χ3n) is 5.55. The van der Waals surface area contributed by atoms with E-state index in [4.69, 9.17) is 0 Å². The van der Waals surface area contributed by atoms with Crippen molar-refractivity contribution in [3.05, 3.63) is 101 Å². The van der Waals surface area contributed by atoms with Crippen molar-refractivity contribution >= 4 is 35.2 Å². The summed E-state index contributed by atoms with van der Waals surface area (Å²) in [5.74, 6) is -0.229. The van der Waals surface area contributed by atoms with Gasteiger partial charge >= 0.3 is 0 Å². The number of carbonyl (C=O) groups excluding carboxylic acids is 3. The Bertz CT molecular complexity index is 1400. The topological polar surface area (TPSA) is 106 Å². The van der Waals surface area contributed by atoms with Gasteiger partial charge in [0, 0.05) is 17.8 Å². The van der Waals surface area contributed by atoms with Crippen LogP contribution in [0.25, 0.3) is 5.69 Å². The number of carbonyl (C=O) groups is 3. The number of nitrogens with zero attached hydrogens (tertiary/aromatic N) is 3. The van der Waals surface area contributed by atoms with Gasteiger partial charge in [-0.2, -0.15) is 0 Å². The smallest absolute Gasteiger partial charge is 0.259 e. The summed E-state index contributed by atoms with van der Waals surface area (Å²) in [4.78, 5) is 36.2. The van der Waals surface area contributed by atoms with E-state index in [-0.39, 0.29) is 17.2 Å². The maximum absolute atomic E-state index is 12.6. The Morgan fingerprint density at radius 2 is 1.57 bits per heavy atom. The molecule has 0 spiro atoms.